The Morgan fingerprint density at radius 3 is 2.20 bits per heavy atom. The summed E-state index contributed by atoms with van der Waals surface area (Å²) in [6, 6.07) is -1.20. The molecule has 1 rings (SSSR count). The van der Waals surface area contributed by atoms with Gasteiger partial charge in [-0.05, 0) is 12.8 Å². The van der Waals surface area contributed by atoms with Gasteiger partial charge in [-0.15, -0.1) is 0 Å². The van der Waals surface area contributed by atoms with Crippen molar-refractivity contribution in [2.45, 2.75) is 25.1 Å². The Bertz CT molecular complexity index is 125. The lowest BCUT2D eigenvalue weighted by Gasteiger charge is -2.19. The molecule has 1 saturated heterocycles. The van der Waals surface area contributed by atoms with Gasteiger partial charge in [0.25, 0.3) is 0 Å². The van der Waals surface area contributed by atoms with E-state index in [1.165, 1.54) is 3.11 Å². The summed E-state index contributed by atoms with van der Waals surface area (Å²) in [6.07, 6.45) is -3.11. The SMILES string of the molecule is FC(F)(F)[C@@H]1CCCN1I. The average molecular weight is 265 g/mol. The van der Waals surface area contributed by atoms with Crippen molar-refractivity contribution in [1.29, 1.82) is 0 Å². The second kappa shape index (κ2) is 2.84. The Labute approximate surface area is 71.1 Å². The molecule has 0 unspecified atom stereocenters. The zero-order chi connectivity index (χ0) is 7.78. The van der Waals surface area contributed by atoms with Crippen LogP contribution in [0.5, 0.6) is 0 Å². The maximum atomic E-state index is 12.0. The molecule has 0 amide bonds. The first-order valence-corrected chi connectivity index (χ1v) is 3.97. The molecule has 0 aromatic heterocycles. The summed E-state index contributed by atoms with van der Waals surface area (Å²) in [6.45, 7) is 0.560. The minimum Gasteiger partial charge on any atom is -0.235 e. The number of rotatable bonds is 0. The third-order valence-electron chi connectivity index (χ3n) is 1.57. The van der Waals surface area contributed by atoms with Crippen LogP contribution in [-0.4, -0.2) is 21.9 Å². The molecular weight excluding hydrogens is 258 g/mol. The maximum Gasteiger partial charge on any atom is 0.404 e. The summed E-state index contributed by atoms with van der Waals surface area (Å²) < 4.78 is 37.2. The van der Waals surface area contributed by atoms with E-state index in [0.717, 1.165) is 0 Å². The standard InChI is InChI=1S/C5H7F3IN/c6-5(7,8)4-2-1-3-10(4)9/h4H,1-3H2/t4-/m0/s1. The van der Waals surface area contributed by atoms with Gasteiger partial charge in [-0.1, -0.05) is 0 Å². The van der Waals surface area contributed by atoms with Crippen molar-refractivity contribution in [1.82, 2.24) is 3.11 Å². The summed E-state index contributed by atoms with van der Waals surface area (Å²) >= 11 is 1.73. The molecule has 0 aromatic rings. The molecule has 1 heterocycles. The average Bonchev–Trinajstić information content (AvgIpc) is 2.11. The van der Waals surface area contributed by atoms with E-state index in [1.807, 2.05) is 0 Å². The second-order valence-electron chi connectivity index (χ2n) is 2.32. The van der Waals surface area contributed by atoms with Crippen LogP contribution in [0.25, 0.3) is 0 Å². The lowest BCUT2D eigenvalue weighted by atomic mass is 10.2. The molecule has 0 spiro atoms. The van der Waals surface area contributed by atoms with E-state index in [2.05, 4.69) is 0 Å². The van der Waals surface area contributed by atoms with E-state index in [0.29, 0.717) is 13.0 Å². The maximum absolute atomic E-state index is 12.0. The van der Waals surface area contributed by atoms with E-state index < -0.39 is 12.2 Å². The fourth-order valence-corrected chi connectivity index (χ4v) is 1.99. The van der Waals surface area contributed by atoms with Crippen molar-refractivity contribution in [3.63, 3.8) is 0 Å². The molecule has 0 aliphatic carbocycles. The lowest BCUT2D eigenvalue weighted by Crippen LogP contribution is -2.35. The van der Waals surface area contributed by atoms with E-state index in [-0.39, 0.29) is 6.42 Å². The van der Waals surface area contributed by atoms with Crippen molar-refractivity contribution in [2.24, 2.45) is 0 Å². The van der Waals surface area contributed by atoms with Gasteiger partial charge in [0, 0.05) is 29.4 Å². The molecule has 1 fully saturated rings. The number of alkyl halides is 3. The van der Waals surface area contributed by atoms with Crippen LogP contribution in [0.2, 0.25) is 0 Å². The third-order valence-corrected chi connectivity index (χ3v) is 2.72. The highest BCUT2D eigenvalue weighted by Gasteiger charge is 2.45. The molecule has 1 atom stereocenters. The van der Waals surface area contributed by atoms with Crippen molar-refractivity contribution in [3.05, 3.63) is 0 Å². The van der Waals surface area contributed by atoms with Gasteiger partial charge in [0.05, 0.1) is 0 Å². The van der Waals surface area contributed by atoms with Crippen LogP contribution in [0.3, 0.4) is 0 Å². The van der Waals surface area contributed by atoms with E-state index in [9.17, 15) is 13.2 Å². The molecule has 0 N–H and O–H groups in total. The van der Waals surface area contributed by atoms with Crippen LogP contribution in [0.4, 0.5) is 13.2 Å². The molecule has 1 nitrogen and oxygen atoms in total. The fourth-order valence-electron chi connectivity index (χ4n) is 1.05. The number of hydrogen-bond acceptors (Lipinski definition) is 1. The van der Waals surface area contributed by atoms with Gasteiger partial charge in [0.1, 0.15) is 6.04 Å². The summed E-state index contributed by atoms with van der Waals surface area (Å²) in [5.41, 5.74) is 0. The van der Waals surface area contributed by atoms with Crippen LogP contribution >= 0.6 is 22.9 Å². The van der Waals surface area contributed by atoms with Crippen LogP contribution in [0.1, 0.15) is 12.8 Å². The minimum absolute atomic E-state index is 0.256. The van der Waals surface area contributed by atoms with Crippen LogP contribution < -0.4 is 0 Å². The summed E-state index contributed by atoms with van der Waals surface area (Å²) in [7, 11) is 0. The van der Waals surface area contributed by atoms with Gasteiger partial charge < -0.3 is 0 Å². The molecule has 0 aromatic carbocycles. The van der Waals surface area contributed by atoms with Gasteiger partial charge >= 0.3 is 6.18 Å². The number of hydrogen-bond donors (Lipinski definition) is 0. The molecular formula is C5H7F3IN. The first kappa shape index (κ1) is 8.58. The van der Waals surface area contributed by atoms with Gasteiger partial charge in [-0.25, -0.2) is 3.11 Å². The highest BCUT2D eigenvalue weighted by Crippen LogP contribution is 2.34. The van der Waals surface area contributed by atoms with Crippen molar-refractivity contribution >= 4 is 22.9 Å². The largest absolute Gasteiger partial charge is 0.404 e. The topological polar surface area (TPSA) is 3.24 Å². The Morgan fingerprint density at radius 1 is 1.40 bits per heavy atom. The first-order valence-electron chi connectivity index (χ1n) is 3.01. The second-order valence-corrected chi connectivity index (χ2v) is 3.56. The van der Waals surface area contributed by atoms with Crippen molar-refractivity contribution in [2.75, 3.05) is 6.54 Å². The molecule has 1 aliphatic heterocycles. The van der Waals surface area contributed by atoms with Crippen molar-refractivity contribution < 1.29 is 13.2 Å². The van der Waals surface area contributed by atoms with Crippen LogP contribution in [0.15, 0.2) is 0 Å². The molecule has 5 heteroatoms. The zero-order valence-electron chi connectivity index (χ0n) is 5.16. The van der Waals surface area contributed by atoms with E-state index >= 15 is 0 Å². The van der Waals surface area contributed by atoms with Gasteiger partial charge in [-0.3, -0.25) is 0 Å². The predicted octanol–water partition coefficient (Wildman–Crippen LogP) is 2.36. The molecule has 60 valence electrons. The van der Waals surface area contributed by atoms with Crippen LogP contribution in [-0.2, 0) is 0 Å². The van der Waals surface area contributed by atoms with Gasteiger partial charge in [0.15, 0.2) is 0 Å². The summed E-state index contributed by atoms with van der Waals surface area (Å²) in [5.74, 6) is 0. The van der Waals surface area contributed by atoms with Crippen molar-refractivity contribution in [3.8, 4) is 0 Å². The fraction of sp³-hybridized carbons (Fsp3) is 1.00. The molecule has 0 radical (unpaired) electrons. The smallest absolute Gasteiger partial charge is 0.235 e. The normalized spacial score (nSPS) is 29.4. The molecule has 10 heavy (non-hydrogen) atoms. The summed E-state index contributed by atoms with van der Waals surface area (Å²) in [5, 5.41) is 0. The van der Waals surface area contributed by atoms with Crippen LogP contribution in [0, 0.1) is 0 Å². The lowest BCUT2D eigenvalue weighted by molar-refractivity contribution is -0.161. The number of nitrogens with zero attached hydrogens (tertiary/aromatic N) is 1. The van der Waals surface area contributed by atoms with Gasteiger partial charge in [-0.2, -0.15) is 13.2 Å². The van der Waals surface area contributed by atoms with E-state index in [1.54, 1.807) is 22.9 Å². The summed E-state index contributed by atoms with van der Waals surface area (Å²) in [4.78, 5) is 0. The Balaban J connectivity index is 2.55. The quantitative estimate of drug-likeness (QED) is 0.480. The Hall–Kier alpha value is 0.480. The Kier molecular flexibility index (Phi) is 2.44. The highest BCUT2D eigenvalue weighted by atomic mass is 127. The van der Waals surface area contributed by atoms with Gasteiger partial charge in [0.2, 0.25) is 0 Å². The highest BCUT2D eigenvalue weighted by molar-refractivity contribution is 14.1. The zero-order valence-corrected chi connectivity index (χ0v) is 7.32. The first-order chi connectivity index (χ1) is 4.52. The Morgan fingerprint density at radius 2 is 2.00 bits per heavy atom. The number of halogens is 4. The third kappa shape index (κ3) is 1.75. The molecule has 0 saturated carbocycles. The predicted molar refractivity (Wildman–Crippen MR) is 39.8 cm³/mol. The molecule has 1 aliphatic rings. The minimum atomic E-state index is -4.03. The molecule has 0 bridgehead atoms. The van der Waals surface area contributed by atoms with E-state index in [4.69, 9.17) is 0 Å². The monoisotopic (exact) mass is 265 g/mol.